The van der Waals surface area contributed by atoms with Gasteiger partial charge in [-0.3, -0.25) is 5.84 Å². The van der Waals surface area contributed by atoms with Crippen LogP contribution in [0, 0.1) is 13.8 Å². The lowest BCUT2D eigenvalue weighted by molar-refractivity contribution is 0.526. The monoisotopic (exact) mass is 230 g/mol. The third-order valence-corrected chi connectivity index (χ3v) is 2.98. The fourth-order valence-corrected chi connectivity index (χ4v) is 1.94. The van der Waals surface area contributed by atoms with E-state index in [0.717, 1.165) is 12.2 Å². The molecule has 1 aromatic heterocycles. The number of aryl methyl sites for hydroxylation is 2. The Kier molecular flexibility index (Phi) is 3.56. The Morgan fingerprint density at radius 3 is 2.88 bits per heavy atom. The third kappa shape index (κ3) is 2.72. The van der Waals surface area contributed by atoms with E-state index >= 15 is 0 Å². The van der Waals surface area contributed by atoms with Crippen molar-refractivity contribution in [1.29, 1.82) is 0 Å². The topological polar surface area (TPSA) is 66.7 Å². The lowest BCUT2D eigenvalue weighted by Gasteiger charge is -2.15. The lowest BCUT2D eigenvalue weighted by Crippen LogP contribution is -2.30. The van der Waals surface area contributed by atoms with Gasteiger partial charge in [-0.25, -0.2) is 10.4 Å². The summed E-state index contributed by atoms with van der Waals surface area (Å²) < 4.78 is 0. The molecule has 1 atom stereocenters. The van der Waals surface area contributed by atoms with E-state index in [1.165, 1.54) is 16.7 Å². The van der Waals surface area contributed by atoms with E-state index in [4.69, 9.17) is 5.84 Å². The van der Waals surface area contributed by atoms with Gasteiger partial charge in [0.1, 0.15) is 5.82 Å². The first-order valence-corrected chi connectivity index (χ1v) is 5.72. The van der Waals surface area contributed by atoms with Crippen molar-refractivity contribution in [3.05, 3.63) is 53.1 Å². The first-order chi connectivity index (χ1) is 8.20. The molecule has 0 amide bonds. The third-order valence-electron chi connectivity index (χ3n) is 2.98. The average Bonchev–Trinajstić information content (AvgIpc) is 2.84. The van der Waals surface area contributed by atoms with Crippen molar-refractivity contribution in [1.82, 2.24) is 15.4 Å². The van der Waals surface area contributed by atoms with Crippen LogP contribution >= 0.6 is 0 Å². The Morgan fingerprint density at radius 1 is 1.41 bits per heavy atom. The number of nitrogens with one attached hydrogen (secondary N) is 2. The van der Waals surface area contributed by atoms with Crippen molar-refractivity contribution < 1.29 is 0 Å². The quantitative estimate of drug-likeness (QED) is 0.554. The number of nitrogens with zero attached hydrogens (tertiary/aromatic N) is 1. The van der Waals surface area contributed by atoms with Crippen LogP contribution in [0.4, 0.5) is 0 Å². The van der Waals surface area contributed by atoms with Crippen molar-refractivity contribution in [2.24, 2.45) is 5.84 Å². The van der Waals surface area contributed by atoms with Crippen LogP contribution in [0.5, 0.6) is 0 Å². The number of hydrogen-bond acceptors (Lipinski definition) is 3. The van der Waals surface area contributed by atoms with Crippen LogP contribution in [0.15, 0.2) is 30.6 Å². The predicted octanol–water partition coefficient (Wildman–Crippen LogP) is 1.77. The molecule has 2 rings (SSSR count). The number of hydrazine groups is 1. The van der Waals surface area contributed by atoms with Crippen LogP contribution in [-0.4, -0.2) is 9.97 Å². The molecule has 17 heavy (non-hydrogen) atoms. The molecule has 0 saturated heterocycles. The molecular weight excluding hydrogens is 212 g/mol. The second-order valence-corrected chi connectivity index (χ2v) is 4.33. The summed E-state index contributed by atoms with van der Waals surface area (Å²) >= 11 is 0. The molecule has 1 aromatic carbocycles. The zero-order valence-electron chi connectivity index (χ0n) is 10.2. The van der Waals surface area contributed by atoms with Crippen LogP contribution < -0.4 is 11.3 Å². The number of hydrogen-bond donors (Lipinski definition) is 3. The van der Waals surface area contributed by atoms with Crippen LogP contribution in [0.3, 0.4) is 0 Å². The van der Waals surface area contributed by atoms with Gasteiger partial charge in [0.15, 0.2) is 0 Å². The van der Waals surface area contributed by atoms with Gasteiger partial charge in [0.25, 0.3) is 0 Å². The molecule has 2 aromatic rings. The number of aromatic amines is 1. The summed E-state index contributed by atoms with van der Waals surface area (Å²) in [4.78, 5) is 7.33. The number of nitrogens with two attached hydrogens (primary N) is 1. The highest BCUT2D eigenvalue weighted by Crippen LogP contribution is 2.18. The van der Waals surface area contributed by atoms with Crippen LogP contribution in [0.1, 0.15) is 28.6 Å². The smallest absolute Gasteiger partial charge is 0.124 e. The molecule has 1 heterocycles. The Balaban J connectivity index is 2.21. The standard InChI is InChI=1S/C13H18N4/c1-9-3-4-10(2)11(7-9)8-12(17-14)13-15-5-6-16-13/h3-7,12,17H,8,14H2,1-2H3,(H,15,16). The van der Waals surface area contributed by atoms with Gasteiger partial charge in [0.05, 0.1) is 6.04 Å². The summed E-state index contributed by atoms with van der Waals surface area (Å²) in [5, 5.41) is 0. The number of imidazole rings is 1. The molecule has 4 heteroatoms. The maximum Gasteiger partial charge on any atom is 0.124 e. The second kappa shape index (κ2) is 5.12. The van der Waals surface area contributed by atoms with E-state index in [0.29, 0.717) is 0 Å². The largest absolute Gasteiger partial charge is 0.347 e. The summed E-state index contributed by atoms with van der Waals surface area (Å²) in [6.45, 7) is 4.21. The maximum absolute atomic E-state index is 5.59. The number of H-pyrrole nitrogens is 1. The van der Waals surface area contributed by atoms with Crippen LogP contribution in [0.2, 0.25) is 0 Å². The SMILES string of the molecule is Cc1ccc(C)c(CC(NN)c2ncc[nH]2)c1. The van der Waals surface area contributed by atoms with E-state index in [1.54, 1.807) is 6.20 Å². The van der Waals surface area contributed by atoms with Crippen molar-refractivity contribution in [3.8, 4) is 0 Å². The van der Waals surface area contributed by atoms with E-state index in [2.05, 4.69) is 47.4 Å². The molecule has 0 fully saturated rings. The van der Waals surface area contributed by atoms with Crippen molar-refractivity contribution in [2.75, 3.05) is 0 Å². The van der Waals surface area contributed by atoms with Gasteiger partial charge in [-0.15, -0.1) is 0 Å². The first-order valence-electron chi connectivity index (χ1n) is 5.72. The Labute approximate surface area is 101 Å². The first kappa shape index (κ1) is 11.8. The van der Waals surface area contributed by atoms with Gasteiger partial charge in [-0.05, 0) is 31.4 Å². The molecule has 90 valence electrons. The Morgan fingerprint density at radius 2 is 2.24 bits per heavy atom. The van der Waals surface area contributed by atoms with Crippen molar-refractivity contribution in [3.63, 3.8) is 0 Å². The highest BCUT2D eigenvalue weighted by molar-refractivity contribution is 5.31. The predicted molar refractivity (Wildman–Crippen MR) is 68.3 cm³/mol. The molecule has 4 N–H and O–H groups in total. The summed E-state index contributed by atoms with van der Waals surface area (Å²) in [7, 11) is 0. The minimum Gasteiger partial charge on any atom is -0.347 e. The van der Waals surface area contributed by atoms with Crippen molar-refractivity contribution >= 4 is 0 Å². The summed E-state index contributed by atoms with van der Waals surface area (Å²) in [5.41, 5.74) is 6.65. The molecule has 0 aliphatic rings. The molecule has 1 unspecified atom stereocenters. The van der Waals surface area contributed by atoms with Gasteiger partial charge in [-0.1, -0.05) is 23.8 Å². The van der Waals surface area contributed by atoms with Gasteiger partial charge < -0.3 is 4.98 Å². The zero-order chi connectivity index (χ0) is 12.3. The minimum atomic E-state index is 0.0190. The number of benzene rings is 1. The summed E-state index contributed by atoms with van der Waals surface area (Å²) in [6, 6.07) is 6.48. The minimum absolute atomic E-state index is 0.0190. The average molecular weight is 230 g/mol. The molecule has 0 radical (unpaired) electrons. The normalized spacial score (nSPS) is 12.6. The zero-order valence-corrected chi connectivity index (χ0v) is 10.2. The van der Waals surface area contributed by atoms with Gasteiger partial charge in [0.2, 0.25) is 0 Å². The van der Waals surface area contributed by atoms with Gasteiger partial charge in [-0.2, -0.15) is 0 Å². The molecule has 0 saturated carbocycles. The number of rotatable bonds is 4. The molecule has 4 nitrogen and oxygen atoms in total. The second-order valence-electron chi connectivity index (χ2n) is 4.33. The van der Waals surface area contributed by atoms with Gasteiger partial charge in [0, 0.05) is 12.4 Å². The fourth-order valence-electron chi connectivity index (χ4n) is 1.94. The molecule has 0 aliphatic heterocycles. The molecule has 0 spiro atoms. The van der Waals surface area contributed by atoms with Crippen molar-refractivity contribution in [2.45, 2.75) is 26.3 Å². The van der Waals surface area contributed by atoms with E-state index in [-0.39, 0.29) is 6.04 Å². The van der Waals surface area contributed by atoms with E-state index in [1.807, 2.05) is 6.20 Å². The molecular formula is C13H18N4. The van der Waals surface area contributed by atoms with E-state index in [9.17, 15) is 0 Å². The lowest BCUT2D eigenvalue weighted by atomic mass is 9.99. The van der Waals surface area contributed by atoms with Gasteiger partial charge >= 0.3 is 0 Å². The number of aromatic nitrogens is 2. The summed E-state index contributed by atoms with van der Waals surface area (Å²) in [6.07, 6.45) is 4.38. The van der Waals surface area contributed by atoms with E-state index < -0.39 is 0 Å². The highest BCUT2D eigenvalue weighted by Gasteiger charge is 2.13. The Hall–Kier alpha value is -1.65. The van der Waals surface area contributed by atoms with Crippen LogP contribution in [-0.2, 0) is 6.42 Å². The van der Waals surface area contributed by atoms with Crippen LogP contribution in [0.25, 0.3) is 0 Å². The molecule has 0 bridgehead atoms. The highest BCUT2D eigenvalue weighted by atomic mass is 15.2. The fraction of sp³-hybridized carbons (Fsp3) is 0.308. The summed E-state index contributed by atoms with van der Waals surface area (Å²) in [5.74, 6) is 6.46. The molecule has 0 aliphatic carbocycles. The maximum atomic E-state index is 5.59. The Bertz CT molecular complexity index is 476.